The Bertz CT molecular complexity index is 752. The third-order valence-electron chi connectivity index (χ3n) is 4.70. The molecule has 0 spiro atoms. The molecular weight excluding hydrogens is 399 g/mol. The molecule has 158 valence electrons. The van der Waals surface area contributed by atoms with E-state index in [1.54, 1.807) is 23.9 Å². The molecular formula is C19H31FN4O2S2. The van der Waals surface area contributed by atoms with Crippen LogP contribution in [0.2, 0.25) is 0 Å². The van der Waals surface area contributed by atoms with Gasteiger partial charge in [-0.05, 0) is 55.2 Å². The molecule has 0 aromatic heterocycles. The molecule has 1 aromatic rings. The SMILES string of the molecule is CCNC(=NCc1ccc(F)cc1CSC)NCCS(=O)(=O)NCC1CCC1. The molecule has 0 radical (unpaired) electrons. The lowest BCUT2D eigenvalue weighted by molar-refractivity contribution is 0.316. The third-order valence-corrected chi connectivity index (χ3v) is 6.65. The summed E-state index contributed by atoms with van der Waals surface area (Å²) >= 11 is 1.63. The van der Waals surface area contributed by atoms with E-state index in [0.717, 1.165) is 29.7 Å². The molecule has 1 fully saturated rings. The number of benzene rings is 1. The first-order chi connectivity index (χ1) is 13.4. The highest BCUT2D eigenvalue weighted by Gasteiger charge is 2.20. The molecule has 1 aromatic carbocycles. The second kappa shape index (κ2) is 11.6. The zero-order valence-electron chi connectivity index (χ0n) is 16.6. The Morgan fingerprint density at radius 1 is 1.29 bits per heavy atom. The lowest BCUT2D eigenvalue weighted by atomic mass is 9.86. The molecule has 1 aliphatic carbocycles. The van der Waals surface area contributed by atoms with E-state index in [1.807, 2.05) is 13.2 Å². The van der Waals surface area contributed by atoms with Gasteiger partial charge < -0.3 is 10.6 Å². The van der Waals surface area contributed by atoms with Crippen LogP contribution >= 0.6 is 11.8 Å². The van der Waals surface area contributed by atoms with Gasteiger partial charge in [0.1, 0.15) is 5.82 Å². The number of hydrogen-bond donors (Lipinski definition) is 3. The van der Waals surface area contributed by atoms with Crippen LogP contribution in [-0.2, 0) is 22.3 Å². The first kappa shape index (κ1) is 23.0. The van der Waals surface area contributed by atoms with Gasteiger partial charge in [0, 0.05) is 25.4 Å². The molecule has 0 saturated heterocycles. The van der Waals surface area contributed by atoms with Gasteiger partial charge in [-0.3, -0.25) is 0 Å². The number of hydrogen-bond acceptors (Lipinski definition) is 4. The van der Waals surface area contributed by atoms with E-state index in [4.69, 9.17) is 0 Å². The molecule has 6 nitrogen and oxygen atoms in total. The summed E-state index contributed by atoms with van der Waals surface area (Å²) in [5.41, 5.74) is 1.89. The second-order valence-corrected chi connectivity index (χ2v) is 9.72. The number of nitrogens with one attached hydrogen (secondary N) is 3. The number of rotatable bonds is 11. The Balaban J connectivity index is 1.88. The summed E-state index contributed by atoms with van der Waals surface area (Å²) in [4.78, 5) is 4.52. The van der Waals surface area contributed by atoms with Crippen molar-refractivity contribution in [3.05, 3.63) is 35.1 Å². The van der Waals surface area contributed by atoms with Crippen molar-refractivity contribution in [2.24, 2.45) is 10.9 Å². The van der Waals surface area contributed by atoms with Crippen molar-refractivity contribution in [1.82, 2.24) is 15.4 Å². The van der Waals surface area contributed by atoms with E-state index in [2.05, 4.69) is 20.3 Å². The van der Waals surface area contributed by atoms with Crippen LogP contribution < -0.4 is 15.4 Å². The van der Waals surface area contributed by atoms with Crippen molar-refractivity contribution < 1.29 is 12.8 Å². The van der Waals surface area contributed by atoms with Gasteiger partial charge in [0.25, 0.3) is 0 Å². The Kier molecular flexibility index (Phi) is 9.53. The summed E-state index contributed by atoms with van der Waals surface area (Å²) < 4.78 is 40.3. The van der Waals surface area contributed by atoms with Crippen molar-refractivity contribution in [1.29, 1.82) is 0 Å². The summed E-state index contributed by atoms with van der Waals surface area (Å²) in [6.07, 6.45) is 5.39. The molecule has 1 saturated carbocycles. The quantitative estimate of drug-likeness (QED) is 0.371. The van der Waals surface area contributed by atoms with Crippen LogP contribution in [0.1, 0.15) is 37.3 Å². The topological polar surface area (TPSA) is 82.6 Å². The van der Waals surface area contributed by atoms with Crippen molar-refractivity contribution in [2.75, 3.05) is 31.6 Å². The van der Waals surface area contributed by atoms with Gasteiger partial charge in [-0.15, -0.1) is 0 Å². The average Bonchev–Trinajstić information content (AvgIpc) is 2.59. The van der Waals surface area contributed by atoms with E-state index in [0.29, 0.717) is 31.5 Å². The lowest BCUT2D eigenvalue weighted by Gasteiger charge is -2.25. The Hall–Kier alpha value is -1.32. The van der Waals surface area contributed by atoms with Crippen molar-refractivity contribution >= 4 is 27.7 Å². The fraction of sp³-hybridized carbons (Fsp3) is 0.632. The summed E-state index contributed by atoms with van der Waals surface area (Å²) in [6.45, 7) is 3.83. The van der Waals surface area contributed by atoms with Crippen molar-refractivity contribution in [3.63, 3.8) is 0 Å². The highest BCUT2D eigenvalue weighted by atomic mass is 32.2. The fourth-order valence-corrected chi connectivity index (χ4v) is 4.45. The summed E-state index contributed by atoms with van der Waals surface area (Å²) in [6, 6.07) is 4.74. The zero-order valence-corrected chi connectivity index (χ0v) is 18.3. The number of sulfonamides is 1. The van der Waals surface area contributed by atoms with E-state index >= 15 is 0 Å². The Morgan fingerprint density at radius 2 is 2.07 bits per heavy atom. The lowest BCUT2D eigenvalue weighted by Crippen LogP contribution is -2.42. The normalized spacial score (nSPS) is 15.3. The van der Waals surface area contributed by atoms with Crippen LogP contribution in [0.15, 0.2) is 23.2 Å². The first-order valence-corrected chi connectivity index (χ1v) is 12.7. The molecule has 0 aliphatic heterocycles. The van der Waals surface area contributed by atoms with Crippen LogP contribution in [-0.4, -0.2) is 46.0 Å². The highest BCUT2D eigenvalue weighted by Crippen LogP contribution is 2.25. The maximum atomic E-state index is 13.5. The summed E-state index contributed by atoms with van der Waals surface area (Å²) in [5, 5.41) is 6.18. The van der Waals surface area contributed by atoms with Gasteiger partial charge in [0.05, 0.1) is 12.3 Å². The van der Waals surface area contributed by atoms with Crippen LogP contribution in [0.4, 0.5) is 4.39 Å². The maximum absolute atomic E-state index is 13.5. The van der Waals surface area contributed by atoms with Crippen LogP contribution in [0.5, 0.6) is 0 Å². The molecule has 3 N–H and O–H groups in total. The number of nitrogens with zero attached hydrogens (tertiary/aromatic N) is 1. The van der Waals surface area contributed by atoms with Crippen LogP contribution in [0.3, 0.4) is 0 Å². The Morgan fingerprint density at radius 3 is 2.71 bits per heavy atom. The molecule has 0 atom stereocenters. The second-order valence-electron chi connectivity index (χ2n) is 6.93. The average molecular weight is 431 g/mol. The van der Waals surface area contributed by atoms with Crippen molar-refractivity contribution in [2.45, 2.75) is 38.5 Å². The van der Waals surface area contributed by atoms with Gasteiger partial charge >= 0.3 is 0 Å². The minimum atomic E-state index is -3.29. The largest absolute Gasteiger partial charge is 0.357 e. The molecule has 0 amide bonds. The van der Waals surface area contributed by atoms with E-state index in [9.17, 15) is 12.8 Å². The summed E-state index contributed by atoms with van der Waals surface area (Å²) in [5.74, 6) is 1.51. The molecule has 0 unspecified atom stereocenters. The number of halogens is 1. The van der Waals surface area contributed by atoms with Gasteiger partial charge in [0.15, 0.2) is 5.96 Å². The van der Waals surface area contributed by atoms with Crippen LogP contribution in [0.25, 0.3) is 0 Å². The molecule has 28 heavy (non-hydrogen) atoms. The Labute approximate surface area is 172 Å². The van der Waals surface area contributed by atoms with Gasteiger partial charge in [-0.2, -0.15) is 11.8 Å². The number of thioether (sulfide) groups is 1. The van der Waals surface area contributed by atoms with Gasteiger partial charge in [-0.25, -0.2) is 22.5 Å². The number of guanidine groups is 1. The first-order valence-electron chi connectivity index (χ1n) is 9.69. The third kappa shape index (κ3) is 7.97. The maximum Gasteiger partial charge on any atom is 0.213 e. The monoisotopic (exact) mass is 430 g/mol. The molecule has 0 heterocycles. The molecule has 2 rings (SSSR count). The number of aliphatic imine (C=N–C) groups is 1. The van der Waals surface area contributed by atoms with Gasteiger partial charge in [-0.1, -0.05) is 12.5 Å². The van der Waals surface area contributed by atoms with E-state index < -0.39 is 10.0 Å². The minimum Gasteiger partial charge on any atom is -0.357 e. The standard InChI is InChI=1S/C19H31FN4O2S2/c1-3-21-19(22-9-10-28(25,26)24-12-15-5-4-6-15)23-13-16-7-8-18(20)11-17(16)14-27-2/h7-8,11,15,24H,3-6,9-10,12-14H2,1-2H3,(H2,21,22,23). The molecule has 1 aliphatic rings. The zero-order chi connectivity index (χ0) is 20.4. The van der Waals surface area contributed by atoms with Crippen molar-refractivity contribution in [3.8, 4) is 0 Å². The van der Waals surface area contributed by atoms with E-state index in [-0.39, 0.29) is 18.1 Å². The van der Waals surface area contributed by atoms with Crippen LogP contribution in [0, 0.1) is 11.7 Å². The van der Waals surface area contributed by atoms with E-state index in [1.165, 1.54) is 12.5 Å². The molecule has 0 bridgehead atoms. The smallest absolute Gasteiger partial charge is 0.213 e. The molecule has 9 heteroatoms. The van der Waals surface area contributed by atoms with Gasteiger partial charge in [0.2, 0.25) is 10.0 Å². The minimum absolute atomic E-state index is 0.00158. The highest BCUT2D eigenvalue weighted by molar-refractivity contribution is 7.97. The predicted octanol–water partition coefficient (Wildman–Crippen LogP) is 2.46. The fourth-order valence-electron chi connectivity index (χ4n) is 2.86. The summed E-state index contributed by atoms with van der Waals surface area (Å²) in [7, 11) is -3.29. The predicted molar refractivity (Wildman–Crippen MR) is 116 cm³/mol.